The van der Waals surface area contributed by atoms with Crippen LogP contribution in [0.1, 0.15) is 19.1 Å². The molecule has 11 heteroatoms. The topological polar surface area (TPSA) is 169 Å². The molecule has 0 bridgehead atoms. The third-order valence-electron chi connectivity index (χ3n) is 4.25. The maximum atomic E-state index is 12.0. The molecule has 2 saturated heterocycles. The number of ether oxygens (including phenoxy) is 1. The molecule has 25 heavy (non-hydrogen) atoms. The maximum absolute atomic E-state index is 12.0. The van der Waals surface area contributed by atoms with Gasteiger partial charge in [-0.1, -0.05) is 0 Å². The third-order valence-corrected chi connectivity index (χ3v) is 4.25. The molecule has 2 fully saturated rings. The van der Waals surface area contributed by atoms with Gasteiger partial charge in [-0.3, -0.25) is 14.2 Å². The van der Waals surface area contributed by atoms with Gasteiger partial charge >= 0.3 is 5.69 Å². The Labute approximate surface area is 141 Å². The molecule has 136 valence electrons. The van der Waals surface area contributed by atoms with Gasteiger partial charge in [-0.25, -0.2) is 4.79 Å². The molecule has 2 amide bonds. The first kappa shape index (κ1) is 17.3. The fourth-order valence-corrected chi connectivity index (χ4v) is 2.88. The highest BCUT2D eigenvalue weighted by atomic mass is 16.6. The SMILES string of the molecule is Nc1ccn([C@@H]2O[C@H](CNC(=O)[C@H]3CCC(=O)N3)[C@@H](O)[C@H]2O)c(=O)n1. The number of anilines is 1. The number of rotatable bonds is 4. The zero-order chi connectivity index (χ0) is 18.1. The molecular weight excluding hydrogens is 334 g/mol. The van der Waals surface area contributed by atoms with Crippen molar-refractivity contribution in [1.29, 1.82) is 0 Å². The van der Waals surface area contributed by atoms with Crippen LogP contribution < -0.4 is 22.1 Å². The number of aliphatic hydroxyl groups excluding tert-OH is 2. The van der Waals surface area contributed by atoms with Crippen LogP contribution >= 0.6 is 0 Å². The minimum absolute atomic E-state index is 0.0247. The van der Waals surface area contributed by atoms with Crippen molar-refractivity contribution in [3.05, 3.63) is 22.7 Å². The summed E-state index contributed by atoms with van der Waals surface area (Å²) in [7, 11) is 0. The van der Waals surface area contributed by atoms with E-state index in [-0.39, 0.29) is 24.7 Å². The van der Waals surface area contributed by atoms with Crippen LogP contribution in [0, 0.1) is 0 Å². The quantitative estimate of drug-likeness (QED) is 0.378. The smallest absolute Gasteiger partial charge is 0.351 e. The summed E-state index contributed by atoms with van der Waals surface area (Å²) in [5.74, 6) is -0.564. The lowest BCUT2D eigenvalue weighted by Crippen LogP contribution is -2.46. The van der Waals surface area contributed by atoms with Crippen LogP contribution in [-0.2, 0) is 14.3 Å². The molecule has 5 atom stereocenters. The number of hydrogen-bond donors (Lipinski definition) is 5. The van der Waals surface area contributed by atoms with E-state index in [9.17, 15) is 24.6 Å². The molecule has 0 aliphatic carbocycles. The summed E-state index contributed by atoms with van der Waals surface area (Å²) in [5, 5.41) is 25.3. The summed E-state index contributed by atoms with van der Waals surface area (Å²) < 4.78 is 6.52. The summed E-state index contributed by atoms with van der Waals surface area (Å²) in [6.07, 6.45) is -2.77. The lowest BCUT2D eigenvalue weighted by Gasteiger charge is -2.17. The van der Waals surface area contributed by atoms with Crippen LogP contribution in [0.25, 0.3) is 0 Å². The lowest BCUT2D eigenvalue weighted by atomic mass is 10.1. The van der Waals surface area contributed by atoms with Crippen molar-refractivity contribution >= 4 is 17.6 Å². The van der Waals surface area contributed by atoms with Crippen LogP contribution in [0.5, 0.6) is 0 Å². The van der Waals surface area contributed by atoms with Crippen LogP contribution in [0.2, 0.25) is 0 Å². The van der Waals surface area contributed by atoms with Crippen LogP contribution in [-0.4, -0.2) is 62.5 Å². The molecule has 6 N–H and O–H groups in total. The molecule has 1 aromatic heterocycles. The summed E-state index contributed by atoms with van der Waals surface area (Å²) in [6, 6.07) is 0.748. The number of carbonyl (C=O) groups excluding carboxylic acids is 2. The number of amides is 2. The van der Waals surface area contributed by atoms with E-state index in [1.54, 1.807) is 0 Å². The summed E-state index contributed by atoms with van der Waals surface area (Å²) in [6.45, 7) is -0.0862. The van der Waals surface area contributed by atoms with Gasteiger partial charge in [-0.05, 0) is 12.5 Å². The Bertz CT molecular complexity index is 737. The Morgan fingerprint density at radius 1 is 1.44 bits per heavy atom. The first-order valence-corrected chi connectivity index (χ1v) is 7.80. The number of carbonyl (C=O) groups is 2. The van der Waals surface area contributed by atoms with Gasteiger partial charge in [0.2, 0.25) is 11.8 Å². The average Bonchev–Trinajstić information content (AvgIpc) is 3.11. The second kappa shape index (κ2) is 6.78. The number of hydrogen-bond acceptors (Lipinski definition) is 8. The molecule has 3 rings (SSSR count). The van der Waals surface area contributed by atoms with Crippen molar-refractivity contribution in [3.8, 4) is 0 Å². The average molecular weight is 353 g/mol. The Kier molecular flexibility index (Phi) is 4.70. The second-order valence-electron chi connectivity index (χ2n) is 5.99. The fraction of sp³-hybridized carbons (Fsp3) is 0.571. The predicted molar refractivity (Wildman–Crippen MR) is 83.0 cm³/mol. The van der Waals surface area contributed by atoms with Gasteiger partial charge in [0.05, 0.1) is 0 Å². The molecule has 11 nitrogen and oxygen atoms in total. The Hall–Kier alpha value is -2.50. The van der Waals surface area contributed by atoms with Gasteiger partial charge < -0.3 is 31.3 Å². The molecule has 0 saturated carbocycles. The number of aliphatic hydroxyl groups is 2. The molecule has 0 spiro atoms. The lowest BCUT2D eigenvalue weighted by molar-refractivity contribution is -0.126. The van der Waals surface area contributed by atoms with E-state index in [0.29, 0.717) is 6.42 Å². The highest BCUT2D eigenvalue weighted by Gasteiger charge is 2.44. The van der Waals surface area contributed by atoms with Crippen molar-refractivity contribution in [1.82, 2.24) is 20.2 Å². The standard InChI is InChI=1S/C14H19N5O6/c15-8-3-4-19(14(24)18-8)13-11(22)10(21)7(25-13)5-16-12(23)6-1-2-9(20)17-6/h3-4,6-7,10-11,13,21-22H,1-2,5H2,(H,16,23)(H,17,20)(H2,15,18,24)/t6-,7-,10-,11-,13-/m1/s1. The minimum Gasteiger partial charge on any atom is -0.387 e. The number of aromatic nitrogens is 2. The molecule has 1 aromatic rings. The van der Waals surface area contributed by atoms with E-state index in [0.717, 1.165) is 4.57 Å². The van der Waals surface area contributed by atoms with E-state index < -0.39 is 42.2 Å². The predicted octanol–water partition coefficient (Wildman–Crippen LogP) is -3.16. The molecule has 0 unspecified atom stereocenters. The number of nitrogens with zero attached hydrogens (tertiary/aromatic N) is 2. The normalized spacial score (nSPS) is 31.8. The van der Waals surface area contributed by atoms with Gasteiger partial charge in [-0.15, -0.1) is 0 Å². The van der Waals surface area contributed by atoms with Gasteiger partial charge in [0.25, 0.3) is 0 Å². The molecule has 0 radical (unpaired) electrons. The molecule has 2 aliphatic heterocycles. The zero-order valence-corrected chi connectivity index (χ0v) is 13.2. The monoisotopic (exact) mass is 353 g/mol. The summed E-state index contributed by atoms with van der Waals surface area (Å²) in [5.41, 5.74) is 4.68. The van der Waals surface area contributed by atoms with Crippen LogP contribution in [0.4, 0.5) is 5.82 Å². The van der Waals surface area contributed by atoms with E-state index in [1.165, 1.54) is 12.3 Å². The van der Waals surface area contributed by atoms with Crippen LogP contribution in [0.15, 0.2) is 17.1 Å². The molecule has 0 aromatic carbocycles. The largest absolute Gasteiger partial charge is 0.387 e. The van der Waals surface area contributed by atoms with Crippen molar-refractivity contribution < 1.29 is 24.5 Å². The Morgan fingerprint density at radius 2 is 2.20 bits per heavy atom. The van der Waals surface area contributed by atoms with Gasteiger partial charge in [0.1, 0.15) is 30.2 Å². The van der Waals surface area contributed by atoms with Gasteiger partial charge in [-0.2, -0.15) is 4.98 Å². The van der Waals surface area contributed by atoms with E-state index in [1.807, 2.05) is 0 Å². The number of nitrogens with one attached hydrogen (secondary N) is 2. The first-order chi connectivity index (χ1) is 11.9. The van der Waals surface area contributed by atoms with Gasteiger partial charge in [0.15, 0.2) is 6.23 Å². The first-order valence-electron chi connectivity index (χ1n) is 7.80. The molecule has 3 heterocycles. The van der Waals surface area contributed by atoms with E-state index in [2.05, 4.69) is 15.6 Å². The van der Waals surface area contributed by atoms with Crippen LogP contribution in [0.3, 0.4) is 0 Å². The van der Waals surface area contributed by atoms with Crippen molar-refractivity contribution in [2.45, 2.75) is 43.4 Å². The third kappa shape index (κ3) is 3.48. The van der Waals surface area contributed by atoms with Crippen molar-refractivity contribution in [3.63, 3.8) is 0 Å². The maximum Gasteiger partial charge on any atom is 0.351 e. The highest BCUT2D eigenvalue weighted by molar-refractivity contribution is 5.90. The number of nitrogen functional groups attached to an aromatic ring is 1. The Balaban J connectivity index is 1.63. The van der Waals surface area contributed by atoms with Gasteiger partial charge in [0, 0.05) is 19.2 Å². The van der Waals surface area contributed by atoms with Crippen molar-refractivity contribution in [2.75, 3.05) is 12.3 Å². The van der Waals surface area contributed by atoms with E-state index in [4.69, 9.17) is 10.5 Å². The number of nitrogens with two attached hydrogens (primary N) is 1. The molecule has 2 aliphatic rings. The molecular formula is C14H19N5O6. The highest BCUT2D eigenvalue weighted by Crippen LogP contribution is 2.28. The second-order valence-corrected chi connectivity index (χ2v) is 5.99. The zero-order valence-electron chi connectivity index (χ0n) is 13.2. The summed E-state index contributed by atoms with van der Waals surface area (Å²) >= 11 is 0. The fourth-order valence-electron chi connectivity index (χ4n) is 2.88. The van der Waals surface area contributed by atoms with E-state index >= 15 is 0 Å². The van der Waals surface area contributed by atoms with Crippen molar-refractivity contribution in [2.24, 2.45) is 0 Å². The minimum atomic E-state index is -1.38. The summed E-state index contributed by atoms with van der Waals surface area (Å²) in [4.78, 5) is 38.5. The Morgan fingerprint density at radius 3 is 2.84 bits per heavy atom.